The minimum absolute atomic E-state index is 0.279. The third kappa shape index (κ3) is 8.82. The molecule has 0 aromatic rings. The van der Waals surface area contributed by atoms with Crippen LogP contribution >= 0.6 is 0 Å². The summed E-state index contributed by atoms with van der Waals surface area (Å²) in [5, 5.41) is 10.8. The fraction of sp³-hybridized carbons (Fsp3) is 0.895. The molecule has 0 amide bonds. The summed E-state index contributed by atoms with van der Waals surface area (Å²) in [6, 6.07) is 0. The first-order valence-electron chi connectivity index (χ1n) is 8.85. The Hall–Kier alpha value is -0.0831. The van der Waals surface area contributed by atoms with E-state index in [4.69, 9.17) is 0 Å². The van der Waals surface area contributed by atoms with Crippen LogP contribution in [0.2, 0.25) is 25.2 Å². The molecule has 1 nitrogen and oxygen atoms in total. The van der Waals surface area contributed by atoms with Crippen molar-refractivity contribution in [2.24, 2.45) is 11.8 Å². The molecule has 3 atom stereocenters. The van der Waals surface area contributed by atoms with E-state index in [2.05, 4.69) is 47.0 Å². The standard InChI is InChI=1S/C19H40OSi/c1-9-18(21(6,7)8)19(5,20)15-11-14-17(4)13-10-12-16(2)3/h9,16-18,20H,1,10-15H2,2-8H3/t17?,18-,19+/m1/s1. The Morgan fingerprint density at radius 1 is 1.05 bits per heavy atom. The van der Waals surface area contributed by atoms with Crippen LogP contribution in [0.15, 0.2) is 12.7 Å². The second kappa shape index (κ2) is 9.15. The predicted octanol–water partition coefficient (Wildman–Crippen LogP) is 6.26. The Kier molecular flexibility index (Phi) is 9.11. The summed E-state index contributed by atoms with van der Waals surface area (Å²) in [5.41, 5.74) is -0.301. The van der Waals surface area contributed by atoms with E-state index < -0.39 is 13.7 Å². The van der Waals surface area contributed by atoms with Crippen molar-refractivity contribution >= 4 is 8.07 Å². The molecule has 0 aromatic carbocycles. The van der Waals surface area contributed by atoms with Crippen LogP contribution in [0.1, 0.15) is 66.2 Å². The molecule has 0 saturated heterocycles. The predicted molar refractivity (Wildman–Crippen MR) is 99.6 cm³/mol. The van der Waals surface area contributed by atoms with Gasteiger partial charge in [-0.15, -0.1) is 6.58 Å². The monoisotopic (exact) mass is 312 g/mol. The van der Waals surface area contributed by atoms with E-state index in [0.717, 1.165) is 24.7 Å². The molecule has 0 aliphatic rings. The van der Waals surface area contributed by atoms with Crippen molar-refractivity contribution in [3.05, 3.63) is 12.7 Å². The Bertz CT molecular complexity index is 288. The third-order valence-electron chi connectivity index (χ3n) is 4.70. The molecule has 0 fully saturated rings. The van der Waals surface area contributed by atoms with Crippen LogP contribution in [0.4, 0.5) is 0 Å². The highest BCUT2D eigenvalue weighted by atomic mass is 28.3. The van der Waals surface area contributed by atoms with E-state index in [1.165, 1.54) is 25.7 Å². The topological polar surface area (TPSA) is 20.2 Å². The van der Waals surface area contributed by atoms with Crippen LogP contribution in [0, 0.1) is 11.8 Å². The molecule has 0 bridgehead atoms. The molecule has 0 rings (SSSR count). The maximum absolute atomic E-state index is 10.8. The average Bonchev–Trinajstić information content (AvgIpc) is 2.26. The number of hydrogen-bond donors (Lipinski definition) is 1. The van der Waals surface area contributed by atoms with Crippen molar-refractivity contribution in [1.29, 1.82) is 0 Å². The van der Waals surface area contributed by atoms with E-state index in [9.17, 15) is 5.11 Å². The van der Waals surface area contributed by atoms with Crippen molar-refractivity contribution in [3.8, 4) is 0 Å². The first-order valence-corrected chi connectivity index (χ1v) is 12.4. The van der Waals surface area contributed by atoms with Crippen LogP contribution in [-0.4, -0.2) is 18.8 Å². The Morgan fingerprint density at radius 2 is 1.57 bits per heavy atom. The molecule has 1 N–H and O–H groups in total. The fourth-order valence-electron chi connectivity index (χ4n) is 3.52. The number of rotatable bonds is 11. The van der Waals surface area contributed by atoms with Crippen molar-refractivity contribution in [1.82, 2.24) is 0 Å². The molecule has 1 unspecified atom stereocenters. The van der Waals surface area contributed by atoms with Gasteiger partial charge < -0.3 is 5.11 Å². The minimum Gasteiger partial charge on any atom is -0.390 e. The Balaban J connectivity index is 4.16. The first kappa shape index (κ1) is 20.9. The summed E-state index contributed by atoms with van der Waals surface area (Å²) in [5.74, 6) is 1.61. The van der Waals surface area contributed by atoms with Crippen LogP contribution < -0.4 is 0 Å². The maximum atomic E-state index is 10.8. The average molecular weight is 313 g/mol. The van der Waals surface area contributed by atoms with E-state index in [-0.39, 0.29) is 5.54 Å². The van der Waals surface area contributed by atoms with Gasteiger partial charge in [0, 0.05) is 0 Å². The molecule has 21 heavy (non-hydrogen) atoms. The van der Waals surface area contributed by atoms with Gasteiger partial charge in [-0.25, -0.2) is 0 Å². The van der Waals surface area contributed by atoms with Gasteiger partial charge in [-0.2, -0.15) is 0 Å². The summed E-state index contributed by atoms with van der Waals surface area (Å²) in [6.45, 7) is 19.9. The molecule has 0 saturated carbocycles. The molecule has 0 heterocycles. The third-order valence-corrected chi connectivity index (χ3v) is 7.42. The van der Waals surface area contributed by atoms with Gasteiger partial charge in [0.1, 0.15) is 0 Å². The molecule has 126 valence electrons. The second-order valence-corrected chi connectivity index (χ2v) is 14.1. The van der Waals surface area contributed by atoms with Gasteiger partial charge in [0.25, 0.3) is 0 Å². The van der Waals surface area contributed by atoms with Crippen molar-refractivity contribution in [2.45, 2.75) is 97.0 Å². The zero-order chi connectivity index (χ0) is 16.7. The summed E-state index contributed by atoms with van der Waals surface area (Å²) in [4.78, 5) is 0. The lowest BCUT2D eigenvalue weighted by atomic mass is 9.90. The second-order valence-electron chi connectivity index (χ2n) is 8.76. The molecule has 0 aliphatic carbocycles. The fourth-order valence-corrected chi connectivity index (χ4v) is 6.24. The Labute approximate surface area is 135 Å². The molecule has 0 aromatic heterocycles. The normalized spacial score (nSPS) is 18.3. The SMILES string of the molecule is C=C[C@H]([C@@](C)(O)CCCC(C)CCCC(C)C)[Si](C)(C)C. The summed E-state index contributed by atoms with van der Waals surface area (Å²) in [7, 11) is -1.40. The van der Waals surface area contributed by atoms with Gasteiger partial charge in [-0.3, -0.25) is 0 Å². The Morgan fingerprint density at radius 3 is 2.00 bits per heavy atom. The van der Waals surface area contributed by atoms with Crippen molar-refractivity contribution < 1.29 is 5.11 Å². The zero-order valence-electron chi connectivity index (χ0n) is 15.7. The molecule has 0 aliphatic heterocycles. The summed E-state index contributed by atoms with van der Waals surface area (Å²) in [6.07, 6.45) is 9.30. The van der Waals surface area contributed by atoms with E-state index in [0.29, 0.717) is 0 Å². The lowest BCUT2D eigenvalue weighted by molar-refractivity contribution is 0.0484. The van der Waals surface area contributed by atoms with Crippen molar-refractivity contribution in [3.63, 3.8) is 0 Å². The van der Waals surface area contributed by atoms with Crippen LogP contribution in [-0.2, 0) is 0 Å². The molecular formula is C19H40OSi. The van der Waals surface area contributed by atoms with E-state index in [1.54, 1.807) is 0 Å². The first-order chi connectivity index (χ1) is 9.50. The highest BCUT2D eigenvalue weighted by Crippen LogP contribution is 2.37. The summed E-state index contributed by atoms with van der Waals surface area (Å²) < 4.78 is 0. The smallest absolute Gasteiger partial charge is 0.0658 e. The van der Waals surface area contributed by atoms with Gasteiger partial charge in [0.15, 0.2) is 0 Å². The zero-order valence-corrected chi connectivity index (χ0v) is 16.7. The lowest BCUT2D eigenvalue weighted by Crippen LogP contribution is -2.43. The van der Waals surface area contributed by atoms with Gasteiger partial charge in [-0.1, -0.05) is 78.6 Å². The molecular weight excluding hydrogens is 272 g/mol. The van der Waals surface area contributed by atoms with Crippen LogP contribution in [0.25, 0.3) is 0 Å². The number of aliphatic hydroxyl groups is 1. The minimum atomic E-state index is -1.40. The molecule has 0 spiro atoms. The molecule has 2 heteroatoms. The highest BCUT2D eigenvalue weighted by Gasteiger charge is 2.38. The molecule has 0 radical (unpaired) electrons. The van der Waals surface area contributed by atoms with E-state index >= 15 is 0 Å². The van der Waals surface area contributed by atoms with Gasteiger partial charge in [0.05, 0.1) is 13.7 Å². The van der Waals surface area contributed by atoms with Crippen LogP contribution in [0.3, 0.4) is 0 Å². The van der Waals surface area contributed by atoms with Gasteiger partial charge in [0.2, 0.25) is 0 Å². The maximum Gasteiger partial charge on any atom is 0.0658 e. The highest BCUT2D eigenvalue weighted by molar-refractivity contribution is 6.78. The summed E-state index contributed by atoms with van der Waals surface area (Å²) >= 11 is 0. The van der Waals surface area contributed by atoms with E-state index in [1.807, 2.05) is 13.0 Å². The van der Waals surface area contributed by atoms with Gasteiger partial charge in [-0.05, 0) is 30.7 Å². The number of hydrogen-bond acceptors (Lipinski definition) is 1. The van der Waals surface area contributed by atoms with Crippen LogP contribution in [0.5, 0.6) is 0 Å². The quantitative estimate of drug-likeness (QED) is 0.352. The van der Waals surface area contributed by atoms with Crippen molar-refractivity contribution in [2.75, 3.05) is 0 Å². The largest absolute Gasteiger partial charge is 0.390 e. The van der Waals surface area contributed by atoms with Gasteiger partial charge >= 0.3 is 0 Å². The lowest BCUT2D eigenvalue weighted by Gasteiger charge is -2.39.